The van der Waals surface area contributed by atoms with Crippen LogP contribution in [0.4, 0.5) is 0 Å². The summed E-state index contributed by atoms with van der Waals surface area (Å²) in [5.74, 6) is -2.21. The van der Waals surface area contributed by atoms with Gasteiger partial charge in [-0.25, -0.2) is 0 Å². The molecule has 376 valence electrons. The minimum absolute atomic E-state index is 0.0289. The van der Waals surface area contributed by atoms with E-state index in [1.54, 1.807) is 27.7 Å². The van der Waals surface area contributed by atoms with Gasteiger partial charge in [0.1, 0.15) is 12.2 Å². The second kappa shape index (κ2) is 21.0. The largest absolute Gasteiger partial charge is 0.481 e. The number of hydrogen-bond acceptors (Lipinski definition) is 9. The predicted octanol–water partition coefficient (Wildman–Crippen LogP) is 11.3. The highest BCUT2D eigenvalue weighted by molar-refractivity contribution is 6.30. The van der Waals surface area contributed by atoms with E-state index in [-0.39, 0.29) is 59.2 Å². The molecule has 0 radical (unpaired) electrons. The first-order valence-electron chi connectivity index (χ1n) is 25.3. The maximum absolute atomic E-state index is 14.8. The predicted molar refractivity (Wildman–Crippen MR) is 263 cm³/mol. The molecule has 4 aliphatic carbocycles. The molecule has 0 aliphatic heterocycles. The summed E-state index contributed by atoms with van der Waals surface area (Å²) < 4.78 is 13.0. The van der Waals surface area contributed by atoms with Crippen molar-refractivity contribution in [1.82, 2.24) is 9.80 Å². The monoisotopic (exact) mass is 953 g/mol. The number of rotatable bonds is 22. The van der Waals surface area contributed by atoms with Crippen LogP contribution >= 0.6 is 11.6 Å². The van der Waals surface area contributed by atoms with Crippen molar-refractivity contribution in [2.24, 2.45) is 56.2 Å². The van der Waals surface area contributed by atoms with E-state index in [1.165, 1.54) is 5.57 Å². The van der Waals surface area contributed by atoms with Gasteiger partial charge in [0.2, 0.25) is 0 Å². The zero-order valence-electron chi connectivity index (χ0n) is 43.3. The van der Waals surface area contributed by atoms with Crippen LogP contribution in [0.25, 0.3) is 0 Å². The van der Waals surface area contributed by atoms with Crippen molar-refractivity contribution in [2.45, 2.75) is 178 Å². The summed E-state index contributed by atoms with van der Waals surface area (Å²) in [7, 11) is 4.07. The van der Waals surface area contributed by atoms with Gasteiger partial charge in [0, 0.05) is 48.5 Å². The molecule has 3 fully saturated rings. The highest BCUT2D eigenvalue weighted by atomic mass is 35.5. The molecule has 0 amide bonds. The molecule has 0 spiro atoms. The summed E-state index contributed by atoms with van der Waals surface area (Å²) in [6.45, 7) is 24.5. The van der Waals surface area contributed by atoms with Crippen LogP contribution in [0.15, 0.2) is 35.4 Å². The number of Topliss-reactive ketones (excluding diaryl/α,β-unsaturated/α-hetero) is 1. The summed E-state index contributed by atoms with van der Waals surface area (Å²) in [5.41, 5.74) is -0.685. The number of hydrogen-bond donors (Lipinski definition) is 2. The van der Waals surface area contributed by atoms with E-state index in [9.17, 15) is 34.2 Å². The average Bonchev–Trinajstić information content (AvgIpc) is 3.54. The van der Waals surface area contributed by atoms with Crippen molar-refractivity contribution in [3.05, 3.63) is 46.0 Å². The van der Waals surface area contributed by atoms with Crippen LogP contribution in [0.1, 0.15) is 165 Å². The number of carboxylic acids is 2. The average molecular weight is 954 g/mol. The third-order valence-electron chi connectivity index (χ3n) is 17.8. The number of carbonyl (C=O) groups is 5. The lowest BCUT2D eigenvalue weighted by molar-refractivity contribution is -0.179. The molecule has 0 saturated heterocycles. The van der Waals surface area contributed by atoms with E-state index in [1.807, 2.05) is 38.4 Å². The number of unbranched alkanes of at least 4 members (excludes halogenated alkanes) is 1. The van der Waals surface area contributed by atoms with Crippen LogP contribution < -0.4 is 0 Å². The van der Waals surface area contributed by atoms with Gasteiger partial charge in [-0.15, -0.1) is 0 Å². The second-order valence-electron chi connectivity index (χ2n) is 24.2. The quantitative estimate of drug-likeness (QED) is 0.107. The van der Waals surface area contributed by atoms with Crippen molar-refractivity contribution < 1.29 is 43.7 Å². The molecule has 5 rings (SSSR count). The third kappa shape index (κ3) is 11.5. The van der Waals surface area contributed by atoms with E-state index in [4.69, 9.17) is 21.1 Å². The molecule has 3 saturated carbocycles. The number of carboxylic acid groups (broad SMARTS) is 2. The van der Waals surface area contributed by atoms with Crippen molar-refractivity contribution in [3.8, 4) is 0 Å². The highest BCUT2D eigenvalue weighted by Gasteiger charge is 2.67. The smallest absolute Gasteiger partial charge is 0.309 e. The number of ether oxygens (including phenoxy) is 2. The lowest BCUT2D eigenvalue weighted by atomic mass is 9.38. The number of carbonyl (C=O) groups excluding carboxylic acids is 3. The molecule has 8 atom stereocenters. The fraction of sp³-hybridized carbons (Fsp3) is 0.764. The number of halogens is 1. The Labute approximate surface area is 407 Å². The topological polar surface area (TPSA) is 151 Å². The van der Waals surface area contributed by atoms with Crippen LogP contribution in [-0.2, 0) is 40.0 Å². The zero-order chi connectivity index (χ0) is 50.1. The van der Waals surface area contributed by atoms with Gasteiger partial charge >= 0.3 is 23.9 Å². The van der Waals surface area contributed by atoms with Gasteiger partial charge in [-0.3, -0.25) is 28.9 Å². The fourth-order valence-corrected chi connectivity index (χ4v) is 13.1. The highest BCUT2D eigenvalue weighted by Crippen LogP contribution is 2.73. The van der Waals surface area contributed by atoms with Gasteiger partial charge < -0.3 is 24.6 Å². The Morgan fingerprint density at radius 1 is 0.836 bits per heavy atom. The van der Waals surface area contributed by atoms with E-state index >= 15 is 0 Å². The molecule has 4 aliphatic rings. The lowest BCUT2D eigenvalue weighted by Gasteiger charge is -2.67. The molecule has 67 heavy (non-hydrogen) atoms. The van der Waals surface area contributed by atoms with Crippen LogP contribution in [0.2, 0.25) is 5.02 Å². The SMILES string of the molecule is CCCC[C@H](OC(=O)CC(C)(C)C(=O)O)C(C)(C)[C@@H]1CC[C@]2(C)[C@H](CC[C@@H]3C4=C(C(C)C)C(=O)C[C@]4([C@H](CN(CCN(C)C)Cc4ccc(Cl)cc4)OC(=O)CC(C)(C)C(=O)O)CC[C@]32C)C1. The Kier molecular flexibility index (Phi) is 17.1. The van der Waals surface area contributed by atoms with Crippen molar-refractivity contribution in [2.75, 3.05) is 33.7 Å². The summed E-state index contributed by atoms with van der Waals surface area (Å²) >= 11 is 6.31. The standard InChI is InChI=1S/C55H85ClN2O9/c1-14-15-16-42(66-44(60)31-50(4,5)48(62)63)52(8,9)37-23-24-53(10)38(29-37)19-22-40-47-46(35(2)3)41(59)30-55(47,26-25-54(40,53)11)43(67-45(61)32-51(6,7)49(64)65)34-58(28-27-57(12)13)33-36-17-20-39(56)21-18-36/h17-18,20-21,35,37-38,40,42-43H,14-16,19,22-34H2,1-13H3,(H,62,63)(H,64,65)/t37-,38-,40-,42+,43+,53-,54-,55+/m1/s1. The third-order valence-corrected chi connectivity index (χ3v) is 18.0. The van der Waals surface area contributed by atoms with Gasteiger partial charge in [-0.05, 0) is 157 Å². The van der Waals surface area contributed by atoms with Gasteiger partial charge in [0.25, 0.3) is 0 Å². The molecular formula is C55H85ClN2O9. The van der Waals surface area contributed by atoms with Gasteiger partial charge in [-0.1, -0.05) is 85.0 Å². The van der Waals surface area contributed by atoms with E-state index in [2.05, 4.69) is 58.3 Å². The van der Waals surface area contributed by atoms with Crippen LogP contribution in [0, 0.1) is 56.2 Å². The first-order chi connectivity index (χ1) is 31.0. The first-order valence-corrected chi connectivity index (χ1v) is 25.7. The molecule has 0 unspecified atom stereocenters. The Balaban J connectivity index is 1.52. The fourth-order valence-electron chi connectivity index (χ4n) is 13.0. The Hall–Kier alpha value is -3.28. The number of aliphatic carboxylic acids is 2. The minimum atomic E-state index is -1.33. The Morgan fingerprint density at radius 2 is 1.43 bits per heavy atom. The molecule has 12 heteroatoms. The van der Waals surface area contributed by atoms with Crippen LogP contribution in [0.3, 0.4) is 0 Å². The number of likely N-dealkylation sites (N-methyl/N-ethyl adjacent to an activating group) is 1. The molecule has 0 aromatic heterocycles. The maximum Gasteiger partial charge on any atom is 0.309 e. The molecule has 2 N–H and O–H groups in total. The van der Waals surface area contributed by atoms with Crippen LogP contribution in [0.5, 0.6) is 0 Å². The number of esters is 2. The molecule has 11 nitrogen and oxygen atoms in total. The molecule has 1 aromatic rings. The normalized spacial score (nSPS) is 27.7. The van der Waals surface area contributed by atoms with Gasteiger partial charge in [-0.2, -0.15) is 0 Å². The lowest BCUT2D eigenvalue weighted by Crippen LogP contribution is -2.61. The summed E-state index contributed by atoms with van der Waals surface area (Å²) in [6, 6.07) is 7.80. The molecule has 0 heterocycles. The van der Waals surface area contributed by atoms with E-state index in [0.717, 1.165) is 75.5 Å². The van der Waals surface area contributed by atoms with E-state index in [0.29, 0.717) is 42.9 Å². The van der Waals surface area contributed by atoms with Crippen molar-refractivity contribution in [3.63, 3.8) is 0 Å². The van der Waals surface area contributed by atoms with Crippen molar-refractivity contribution >= 4 is 41.3 Å². The molecular weight excluding hydrogens is 868 g/mol. The van der Waals surface area contributed by atoms with Gasteiger partial charge in [0.15, 0.2) is 5.78 Å². The Morgan fingerprint density at radius 3 is 1.99 bits per heavy atom. The summed E-state index contributed by atoms with van der Waals surface area (Å²) in [6.07, 6.45) is 7.77. The minimum Gasteiger partial charge on any atom is -0.481 e. The number of nitrogens with zero attached hydrogens (tertiary/aromatic N) is 2. The first kappa shape index (κ1) is 54.7. The zero-order valence-corrected chi connectivity index (χ0v) is 44.1. The van der Waals surface area contributed by atoms with E-state index < -0.39 is 46.2 Å². The van der Waals surface area contributed by atoms with Gasteiger partial charge in [0.05, 0.1) is 23.7 Å². The summed E-state index contributed by atoms with van der Waals surface area (Å²) in [5, 5.41) is 20.5. The van der Waals surface area contributed by atoms with Crippen LogP contribution in [-0.4, -0.2) is 95.6 Å². The number of ketones is 1. The van der Waals surface area contributed by atoms with Crippen molar-refractivity contribution in [1.29, 1.82) is 0 Å². The Bertz CT molecular complexity index is 2010. The number of fused-ring (bicyclic) bond motifs is 5. The second-order valence-corrected chi connectivity index (χ2v) is 24.6. The maximum atomic E-state index is 14.8. The number of benzene rings is 1. The molecule has 0 bridgehead atoms. The summed E-state index contributed by atoms with van der Waals surface area (Å²) in [4.78, 5) is 71.1. The number of allylic oxidation sites excluding steroid dienone is 1. The molecule has 1 aromatic carbocycles.